The number of ether oxygens (including phenoxy) is 3. The third kappa shape index (κ3) is 6.69. The van der Waals surface area contributed by atoms with Gasteiger partial charge in [-0.3, -0.25) is 14.5 Å². The maximum atomic E-state index is 13.5. The van der Waals surface area contributed by atoms with Crippen molar-refractivity contribution in [3.8, 4) is 11.5 Å². The highest BCUT2D eigenvalue weighted by molar-refractivity contribution is 5.84. The van der Waals surface area contributed by atoms with Gasteiger partial charge in [0.25, 0.3) is 0 Å². The van der Waals surface area contributed by atoms with Crippen molar-refractivity contribution < 1.29 is 28.9 Å². The second-order valence-corrected chi connectivity index (χ2v) is 11.7. The minimum absolute atomic E-state index is 0.0784. The fourth-order valence-electron chi connectivity index (χ4n) is 6.38. The maximum absolute atomic E-state index is 13.5. The van der Waals surface area contributed by atoms with Crippen molar-refractivity contribution in [3.05, 3.63) is 94.0 Å². The average Bonchev–Trinajstić information content (AvgIpc) is 3.58. The first kappa shape index (κ1) is 29.8. The summed E-state index contributed by atoms with van der Waals surface area (Å²) in [5.74, 6) is -0.202. The van der Waals surface area contributed by atoms with Crippen molar-refractivity contribution in [2.24, 2.45) is 5.92 Å². The van der Waals surface area contributed by atoms with Gasteiger partial charge >= 0.3 is 5.97 Å². The summed E-state index contributed by atoms with van der Waals surface area (Å²) in [6, 6.07) is 19.2. The van der Waals surface area contributed by atoms with Crippen LogP contribution in [0.5, 0.6) is 11.5 Å². The molecule has 5 rings (SSSR count). The van der Waals surface area contributed by atoms with Crippen LogP contribution in [0.3, 0.4) is 0 Å². The number of hydrogen-bond donors (Lipinski definition) is 1. The third-order valence-electron chi connectivity index (χ3n) is 8.45. The van der Waals surface area contributed by atoms with Crippen LogP contribution in [0.2, 0.25) is 0 Å². The SMILES string of the molecule is Cc1cccc(C)c1CC(=O)CN1C[C@H](c2ccc3c(c2)CCO3)[C@@H](C(=O)O)[C@@H]1c1ccc(OCCOC(C)C)cc1. The number of carbonyl (C=O) groups is 2. The average molecular weight is 572 g/mol. The number of fused-ring (bicyclic) bond motifs is 1. The first-order valence-corrected chi connectivity index (χ1v) is 14.8. The van der Waals surface area contributed by atoms with Crippen LogP contribution in [0.1, 0.15) is 59.2 Å². The number of nitrogens with zero attached hydrogens (tertiary/aromatic N) is 1. The highest BCUT2D eigenvalue weighted by atomic mass is 16.5. The molecule has 222 valence electrons. The Morgan fingerprint density at radius 1 is 1.00 bits per heavy atom. The lowest BCUT2D eigenvalue weighted by Crippen LogP contribution is -2.33. The molecule has 0 bridgehead atoms. The number of aliphatic carboxylic acids is 1. The lowest BCUT2D eigenvalue weighted by atomic mass is 9.82. The van der Waals surface area contributed by atoms with Crippen LogP contribution in [-0.2, 0) is 27.2 Å². The summed E-state index contributed by atoms with van der Waals surface area (Å²) in [4.78, 5) is 28.5. The van der Waals surface area contributed by atoms with Gasteiger partial charge in [-0.2, -0.15) is 0 Å². The molecule has 2 aliphatic rings. The van der Waals surface area contributed by atoms with E-state index in [2.05, 4.69) is 11.0 Å². The second kappa shape index (κ2) is 13.1. The molecule has 42 heavy (non-hydrogen) atoms. The zero-order chi connectivity index (χ0) is 29.8. The molecule has 0 aliphatic carbocycles. The topological polar surface area (TPSA) is 85.3 Å². The van der Waals surface area contributed by atoms with E-state index >= 15 is 0 Å². The molecule has 0 spiro atoms. The molecule has 1 fully saturated rings. The van der Waals surface area contributed by atoms with E-state index in [1.807, 2.05) is 82.3 Å². The summed E-state index contributed by atoms with van der Waals surface area (Å²) in [7, 11) is 0. The fourth-order valence-corrected chi connectivity index (χ4v) is 6.38. The molecule has 1 N–H and O–H groups in total. The second-order valence-electron chi connectivity index (χ2n) is 11.7. The molecule has 7 heteroatoms. The monoisotopic (exact) mass is 571 g/mol. The number of hydrogen-bond acceptors (Lipinski definition) is 6. The Morgan fingerprint density at radius 3 is 2.40 bits per heavy atom. The Kier molecular flexibility index (Phi) is 9.29. The number of carboxylic acid groups (broad SMARTS) is 1. The first-order chi connectivity index (χ1) is 20.2. The molecule has 2 aliphatic heterocycles. The van der Waals surface area contributed by atoms with Crippen LogP contribution in [0.25, 0.3) is 0 Å². The molecule has 3 aromatic rings. The lowest BCUT2D eigenvalue weighted by Gasteiger charge is -2.27. The molecular formula is C35H41NO6. The Hall–Kier alpha value is -3.68. The summed E-state index contributed by atoms with van der Waals surface area (Å²) in [6.07, 6.45) is 1.28. The van der Waals surface area contributed by atoms with Gasteiger partial charge in [0, 0.05) is 31.3 Å². The molecule has 0 aromatic heterocycles. The van der Waals surface area contributed by atoms with Crippen LogP contribution < -0.4 is 9.47 Å². The molecular weight excluding hydrogens is 530 g/mol. The zero-order valence-corrected chi connectivity index (χ0v) is 25.0. The van der Waals surface area contributed by atoms with Gasteiger partial charge in [-0.1, -0.05) is 42.5 Å². The Balaban J connectivity index is 1.42. The number of likely N-dealkylation sites (tertiary alicyclic amines) is 1. The molecule has 0 radical (unpaired) electrons. The van der Waals surface area contributed by atoms with E-state index in [9.17, 15) is 14.7 Å². The highest BCUT2D eigenvalue weighted by Crippen LogP contribution is 2.47. The van der Waals surface area contributed by atoms with Gasteiger partial charge in [0.05, 0.1) is 31.8 Å². The van der Waals surface area contributed by atoms with Crippen LogP contribution in [0, 0.1) is 19.8 Å². The van der Waals surface area contributed by atoms with E-state index in [4.69, 9.17) is 14.2 Å². The van der Waals surface area contributed by atoms with Crippen molar-refractivity contribution in [1.29, 1.82) is 0 Å². The number of carbonyl (C=O) groups excluding carboxylic acids is 1. The highest BCUT2D eigenvalue weighted by Gasteiger charge is 2.48. The van der Waals surface area contributed by atoms with E-state index in [1.54, 1.807) is 0 Å². The van der Waals surface area contributed by atoms with Gasteiger partial charge in [0.2, 0.25) is 0 Å². The molecule has 2 heterocycles. The number of carboxylic acids is 1. The summed E-state index contributed by atoms with van der Waals surface area (Å²) >= 11 is 0. The van der Waals surface area contributed by atoms with E-state index in [0.717, 1.165) is 45.6 Å². The van der Waals surface area contributed by atoms with Crippen molar-refractivity contribution in [2.75, 3.05) is 32.9 Å². The van der Waals surface area contributed by atoms with E-state index in [0.29, 0.717) is 38.5 Å². The summed E-state index contributed by atoms with van der Waals surface area (Å²) in [5, 5.41) is 10.6. The minimum atomic E-state index is -0.863. The van der Waals surface area contributed by atoms with E-state index < -0.39 is 17.9 Å². The van der Waals surface area contributed by atoms with Crippen molar-refractivity contribution in [3.63, 3.8) is 0 Å². The number of Topliss-reactive ketones (excluding diaryl/α,β-unsaturated/α-hetero) is 1. The molecule has 0 amide bonds. The number of benzene rings is 3. The quantitative estimate of drug-likeness (QED) is 0.279. The molecule has 3 aromatic carbocycles. The lowest BCUT2D eigenvalue weighted by molar-refractivity contribution is -0.143. The van der Waals surface area contributed by atoms with Crippen molar-refractivity contribution in [2.45, 2.75) is 58.6 Å². The number of ketones is 1. The summed E-state index contributed by atoms with van der Waals surface area (Å²) < 4.78 is 17.1. The molecule has 1 saturated heterocycles. The standard InChI is InChI=1S/C35H41NO6/c1-22(2)40-16-17-41-29-11-8-25(9-12-29)34-33(35(38)39)31(26-10-13-32-27(18-26)14-15-42-32)21-36(34)20-28(37)19-30-23(3)6-5-7-24(30)4/h5-13,18,22,31,33-34H,14-17,19-21H2,1-4H3,(H,38,39)/t31-,33-,34+/m1/s1. The van der Waals surface area contributed by atoms with Gasteiger partial charge in [0.15, 0.2) is 5.78 Å². The van der Waals surface area contributed by atoms with Gasteiger partial charge in [-0.15, -0.1) is 0 Å². The smallest absolute Gasteiger partial charge is 0.309 e. The van der Waals surface area contributed by atoms with E-state index in [1.165, 1.54) is 0 Å². The Bertz CT molecular complexity index is 1400. The Morgan fingerprint density at radius 2 is 1.71 bits per heavy atom. The normalized spacial score (nSPS) is 20.0. The van der Waals surface area contributed by atoms with E-state index in [-0.39, 0.29) is 24.3 Å². The number of aryl methyl sites for hydroxylation is 2. The predicted octanol–water partition coefficient (Wildman–Crippen LogP) is 5.70. The minimum Gasteiger partial charge on any atom is -0.493 e. The molecule has 0 unspecified atom stereocenters. The van der Waals surface area contributed by atoms with Gasteiger partial charge < -0.3 is 19.3 Å². The molecule has 7 nitrogen and oxygen atoms in total. The van der Waals surface area contributed by atoms with Crippen LogP contribution in [-0.4, -0.2) is 60.8 Å². The number of rotatable bonds is 12. The predicted molar refractivity (Wildman–Crippen MR) is 161 cm³/mol. The van der Waals surface area contributed by atoms with Gasteiger partial charge in [-0.05, 0) is 79.3 Å². The van der Waals surface area contributed by atoms with Crippen molar-refractivity contribution in [1.82, 2.24) is 4.90 Å². The van der Waals surface area contributed by atoms with Crippen LogP contribution >= 0.6 is 0 Å². The Labute approximate surface area is 248 Å². The largest absolute Gasteiger partial charge is 0.493 e. The summed E-state index contributed by atoms with van der Waals surface area (Å²) in [5.41, 5.74) is 6.19. The van der Waals surface area contributed by atoms with Crippen molar-refractivity contribution >= 4 is 11.8 Å². The fraction of sp³-hybridized carbons (Fsp3) is 0.429. The zero-order valence-electron chi connectivity index (χ0n) is 25.0. The van der Waals surface area contributed by atoms with Gasteiger partial charge in [0.1, 0.15) is 18.1 Å². The maximum Gasteiger partial charge on any atom is 0.309 e. The molecule has 3 atom stereocenters. The van der Waals surface area contributed by atoms with Crippen LogP contribution in [0.4, 0.5) is 0 Å². The first-order valence-electron chi connectivity index (χ1n) is 14.8. The third-order valence-corrected chi connectivity index (χ3v) is 8.45. The van der Waals surface area contributed by atoms with Gasteiger partial charge in [-0.25, -0.2) is 0 Å². The summed E-state index contributed by atoms with van der Waals surface area (Å²) in [6.45, 7) is 10.2. The molecule has 0 saturated carbocycles. The van der Waals surface area contributed by atoms with Crippen LogP contribution in [0.15, 0.2) is 60.7 Å².